The van der Waals surface area contributed by atoms with Gasteiger partial charge in [0.15, 0.2) is 0 Å². The van der Waals surface area contributed by atoms with Gasteiger partial charge in [-0.25, -0.2) is 0 Å². The lowest BCUT2D eigenvalue weighted by atomic mass is 9.92. The van der Waals surface area contributed by atoms with E-state index in [9.17, 15) is 5.11 Å². The highest BCUT2D eigenvalue weighted by molar-refractivity contribution is 4.60. The summed E-state index contributed by atoms with van der Waals surface area (Å²) in [5, 5.41) is 9.32. The molecule has 1 nitrogen and oxygen atoms in total. The van der Waals surface area contributed by atoms with Crippen molar-refractivity contribution in [3.8, 4) is 0 Å². The molecular formula is C18H38O. The zero-order valence-electron chi connectivity index (χ0n) is 13.8. The Balaban J connectivity index is 3.21. The van der Waals surface area contributed by atoms with Crippen LogP contribution in [0.5, 0.6) is 0 Å². The molecule has 116 valence electrons. The smallest absolute Gasteiger partial charge is 0.0459 e. The standard InChI is InChI=1S/C18H38O/c1-4-5-6-7-8-9-10-11-12-13-14-18(16-19)15-17(2)3/h17-19H,4-16H2,1-3H3. The summed E-state index contributed by atoms with van der Waals surface area (Å²) in [6.45, 7) is 7.16. The van der Waals surface area contributed by atoms with Crippen LogP contribution in [0.4, 0.5) is 0 Å². The fourth-order valence-corrected chi connectivity index (χ4v) is 2.87. The molecule has 0 rings (SSSR count). The summed E-state index contributed by atoms with van der Waals surface area (Å²) in [4.78, 5) is 0. The zero-order valence-corrected chi connectivity index (χ0v) is 13.8. The molecule has 0 aromatic carbocycles. The Morgan fingerprint density at radius 1 is 0.737 bits per heavy atom. The van der Waals surface area contributed by atoms with Crippen LogP contribution in [-0.2, 0) is 0 Å². The second kappa shape index (κ2) is 14.4. The highest BCUT2D eigenvalue weighted by Gasteiger charge is 2.08. The van der Waals surface area contributed by atoms with Crippen LogP contribution in [0, 0.1) is 11.8 Å². The maximum Gasteiger partial charge on any atom is 0.0459 e. The normalized spacial score (nSPS) is 13.1. The molecule has 1 atom stereocenters. The fourth-order valence-electron chi connectivity index (χ4n) is 2.87. The molecule has 0 aromatic heterocycles. The maximum atomic E-state index is 9.32. The van der Waals surface area contributed by atoms with E-state index in [1.807, 2.05) is 0 Å². The van der Waals surface area contributed by atoms with Crippen LogP contribution in [0.1, 0.15) is 97.8 Å². The summed E-state index contributed by atoms with van der Waals surface area (Å²) in [7, 11) is 0. The van der Waals surface area contributed by atoms with E-state index in [0.29, 0.717) is 12.5 Å². The lowest BCUT2D eigenvalue weighted by molar-refractivity contribution is 0.195. The van der Waals surface area contributed by atoms with E-state index in [-0.39, 0.29) is 0 Å². The van der Waals surface area contributed by atoms with Crippen LogP contribution >= 0.6 is 0 Å². The molecule has 0 saturated heterocycles. The molecule has 0 radical (unpaired) electrons. The summed E-state index contributed by atoms with van der Waals surface area (Å²) in [6, 6.07) is 0. The molecule has 0 aliphatic heterocycles. The van der Waals surface area contributed by atoms with Gasteiger partial charge in [0.2, 0.25) is 0 Å². The molecule has 0 spiro atoms. The third-order valence-corrected chi connectivity index (χ3v) is 4.03. The topological polar surface area (TPSA) is 20.2 Å². The van der Waals surface area contributed by atoms with Crippen molar-refractivity contribution in [2.75, 3.05) is 6.61 Å². The first kappa shape index (κ1) is 19.0. The average Bonchev–Trinajstić information content (AvgIpc) is 2.39. The fraction of sp³-hybridized carbons (Fsp3) is 1.00. The van der Waals surface area contributed by atoms with Crippen LogP contribution in [0.3, 0.4) is 0 Å². The molecular weight excluding hydrogens is 232 g/mol. The third-order valence-electron chi connectivity index (χ3n) is 4.03. The molecule has 1 unspecified atom stereocenters. The predicted molar refractivity (Wildman–Crippen MR) is 86.5 cm³/mol. The van der Waals surface area contributed by atoms with E-state index < -0.39 is 0 Å². The molecule has 1 N–H and O–H groups in total. The molecule has 19 heavy (non-hydrogen) atoms. The summed E-state index contributed by atoms with van der Waals surface area (Å²) in [5.41, 5.74) is 0. The average molecular weight is 271 g/mol. The molecule has 0 aliphatic rings. The molecule has 0 bridgehead atoms. The number of aliphatic hydroxyl groups excluding tert-OH is 1. The Bertz CT molecular complexity index is 165. The van der Waals surface area contributed by atoms with Gasteiger partial charge in [-0.1, -0.05) is 85.0 Å². The van der Waals surface area contributed by atoms with Crippen molar-refractivity contribution in [3.63, 3.8) is 0 Å². The van der Waals surface area contributed by atoms with Gasteiger partial charge in [-0.2, -0.15) is 0 Å². The molecule has 1 heteroatoms. The van der Waals surface area contributed by atoms with E-state index in [0.717, 1.165) is 5.92 Å². The van der Waals surface area contributed by atoms with Gasteiger partial charge in [0, 0.05) is 6.61 Å². The zero-order chi connectivity index (χ0) is 14.3. The van der Waals surface area contributed by atoms with E-state index in [4.69, 9.17) is 0 Å². The van der Waals surface area contributed by atoms with Crippen molar-refractivity contribution >= 4 is 0 Å². The molecule has 0 aliphatic carbocycles. The second-order valence-corrected chi connectivity index (χ2v) is 6.65. The van der Waals surface area contributed by atoms with Crippen molar-refractivity contribution in [3.05, 3.63) is 0 Å². The Morgan fingerprint density at radius 2 is 1.21 bits per heavy atom. The number of hydrogen-bond donors (Lipinski definition) is 1. The minimum absolute atomic E-state index is 0.385. The van der Waals surface area contributed by atoms with Crippen molar-refractivity contribution in [1.29, 1.82) is 0 Å². The maximum absolute atomic E-state index is 9.32. The Hall–Kier alpha value is -0.0400. The minimum Gasteiger partial charge on any atom is -0.396 e. The summed E-state index contributed by atoms with van der Waals surface area (Å²) < 4.78 is 0. The number of hydrogen-bond acceptors (Lipinski definition) is 1. The first-order valence-corrected chi connectivity index (χ1v) is 8.81. The van der Waals surface area contributed by atoms with E-state index >= 15 is 0 Å². The van der Waals surface area contributed by atoms with E-state index in [1.165, 1.54) is 77.0 Å². The van der Waals surface area contributed by atoms with Gasteiger partial charge < -0.3 is 5.11 Å². The largest absolute Gasteiger partial charge is 0.396 e. The molecule has 0 saturated carbocycles. The highest BCUT2D eigenvalue weighted by Crippen LogP contribution is 2.19. The van der Waals surface area contributed by atoms with Gasteiger partial charge in [0.1, 0.15) is 0 Å². The van der Waals surface area contributed by atoms with Crippen molar-refractivity contribution < 1.29 is 5.11 Å². The second-order valence-electron chi connectivity index (χ2n) is 6.65. The first-order chi connectivity index (χ1) is 9.20. The third kappa shape index (κ3) is 14.2. The Kier molecular flexibility index (Phi) is 14.3. The van der Waals surface area contributed by atoms with Crippen molar-refractivity contribution in [1.82, 2.24) is 0 Å². The van der Waals surface area contributed by atoms with Crippen molar-refractivity contribution in [2.45, 2.75) is 97.8 Å². The molecule has 0 amide bonds. The molecule has 0 aromatic rings. The van der Waals surface area contributed by atoms with E-state index in [1.54, 1.807) is 0 Å². The van der Waals surface area contributed by atoms with Gasteiger partial charge in [-0.05, 0) is 24.7 Å². The lowest BCUT2D eigenvalue weighted by Crippen LogP contribution is -2.09. The summed E-state index contributed by atoms with van der Waals surface area (Å²) in [6.07, 6.45) is 16.4. The summed E-state index contributed by atoms with van der Waals surface area (Å²) in [5.74, 6) is 1.27. The van der Waals surface area contributed by atoms with Crippen LogP contribution in [-0.4, -0.2) is 11.7 Å². The van der Waals surface area contributed by atoms with Crippen molar-refractivity contribution in [2.24, 2.45) is 11.8 Å². The Morgan fingerprint density at radius 3 is 1.63 bits per heavy atom. The van der Waals surface area contributed by atoms with Crippen LogP contribution in [0.15, 0.2) is 0 Å². The Labute approximate surface area is 122 Å². The lowest BCUT2D eigenvalue weighted by Gasteiger charge is -2.16. The monoisotopic (exact) mass is 270 g/mol. The van der Waals surface area contributed by atoms with E-state index in [2.05, 4.69) is 20.8 Å². The number of aliphatic hydroxyl groups is 1. The molecule has 0 heterocycles. The number of unbranched alkanes of at least 4 members (excludes halogenated alkanes) is 9. The summed E-state index contributed by atoms with van der Waals surface area (Å²) >= 11 is 0. The van der Waals surface area contributed by atoms with Gasteiger partial charge in [-0.15, -0.1) is 0 Å². The SMILES string of the molecule is CCCCCCCCCCCCC(CO)CC(C)C. The van der Waals surface area contributed by atoms with Crippen LogP contribution in [0.2, 0.25) is 0 Å². The minimum atomic E-state index is 0.385. The van der Waals surface area contributed by atoms with Crippen LogP contribution < -0.4 is 0 Å². The molecule has 0 fully saturated rings. The quantitative estimate of drug-likeness (QED) is 0.387. The highest BCUT2D eigenvalue weighted by atomic mass is 16.3. The van der Waals surface area contributed by atoms with Gasteiger partial charge in [0.05, 0.1) is 0 Å². The predicted octanol–water partition coefficient (Wildman–Crippen LogP) is 5.95. The van der Waals surface area contributed by atoms with Crippen LogP contribution in [0.25, 0.3) is 0 Å². The van der Waals surface area contributed by atoms with Gasteiger partial charge in [0.25, 0.3) is 0 Å². The first-order valence-electron chi connectivity index (χ1n) is 8.81. The van der Waals surface area contributed by atoms with Gasteiger partial charge in [-0.3, -0.25) is 0 Å². The van der Waals surface area contributed by atoms with Gasteiger partial charge >= 0.3 is 0 Å². The number of rotatable bonds is 14.